The average molecular weight is 504 g/mol. The van der Waals surface area contributed by atoms with Gasteiger partial charge in [0, 0.05) is 12.5 Å². The van der Waals surface area contributed by atoms with E-state index in [1.807, 2.05) is 42.5 Å². The van der Waals surface area contributed by atoms with Crippen LogP contribution in [0.15, 0.2) is 103 Å². The summed E-state index contributed by atoms with van der Waals surface area (Å²) in [6, 6.07) is 34.0. The lowest BCUT2D eigenvalue weighted by molar-refractivity contribution is -0.141. The second kappa shape index (κ2) is 10.2. The maximum absolute atomic E-state index is 13.2. The highest BCUT2D eigenvalue weighted by atomic mass is 16.6. The van der Waals surface area contributed by atoms with Crippen molar-refractivity contribution in [3.8, 4) is 22.3 Å². The number of hydrogen-bond donors (Lipinski definition) is 1. The van der Waals surface area contributed by atoms with Gasteiger partial charge in [0.15, 0.2) is 0 Å². The maximum atomic E-state index is 13.2. The van der Waals surface area contributed by atoms with Gasteiger partial charge < -0.3 is 9.84 Å². The van der Waals surface area contributed by atoms with E-state index in [9.17, 15) is 14.7 Å². The summed E-state index contributed by atoms with van der Waals surface area (Å²) < 4.78 is 5.79. The van der Waals surface area contributed by atoms with Crippen LogP contribution >= 0.6 is 0 Å². The summed E-state index contributed by atoms with van der Waals surface area (Å²) in [4.78, 5) is 26.6. The highest BCUT2D eigenvalue weighted by Gasteiger charge is 2.41. The molecule has 0 bridgehead atoms. The van der Waals surface area contributed by atoms with Gasteiger partial charge in [0.1, 0.15) is 12.6 Å². The van der Waals surface area contributed by atoms with Crippen LogP contribution in [-0.4, -0.2) is 41.3 Å². The number of carbonyl (C=O) groups excluding carboxylic acids is 1. The first kappa shape index (κ1) is 24.0. The monoisotopic (exact) mass is 503 g/mol. The van der Waals surface area contributed by atoms with E-state index in [4.69, 9.17) is 4.74 Å². The van der Waals surface area contributed by atoms with Gasteiger partial charge in [-0.1, -0.05) is 103 Å². The molecule has 5 heteroatoms. The summed E-state index contributed by atoms with van der Waals surface area (Å²) in [5, 5.41) is 9.87. The third kappa shape index (κ3) is 4.56. The molecule has 1 saturated heterocycles. The first-order valence-electron chi connectivity index (χ1n) is 13.1. The molecule has 0 aromatic heterocycles. The van der Waals surface area contributed by atoms with E-state index < -0.39 is 18.1 Å². The quantitative estimate of drug-likeness (QED) is 0.321. The number of rotatable bonds is 6. The molecule has 1 fully saturated rings. The van der Waals surface area contributed by atoms with Crippen molar-refractivity contribution >= 4 is 12.1 Å². The number of aliphatic carboxylic acids is 1. The Hall–Kier alpha value is -4.38. The van der Waals surface area contributed by atoms with Crippen molar-refractivity contribution in [1.82, 2.24) is 4.90 Å². The first-order valence-corrected chi connectivity index (χ1v) is 13.1. The zero-order valence-electron chi connectivity index (χ0n) is 21.0. The van der Waals surface area contributed by atoms with Gasteiger partial charge in [0.2, 0.25) is 0 Å². The highest BCUT2D eigenvalue weighted by Crippen LogP contribution is 2.44. The second-order valence-electron chi connectivity index (χ2n) is 10.2. The molecule has 2 atom stereocenters. The van der Waals surface area contributed by atoms with Gasteiger partial charge in [-0.3, -0.25) is 4.90 Å². The smallest absolute Gasteiger partial charge is 0.410 e. The van der Waals surface area contributed by atoms with Gasteiger partial charge in [-0.15, -0.1) is 0 Å². The van der Waals surface area contributed by atoms with Crippen LogP contribution in [0.4, 0.5) is 4.79 Å². The van der Waals surface area contributed by atoms with Gasteiger partial charge >= 0.3 is 12.1 Å². The molecule has 1 amide bonds. The standard InChI is InChI=1S/C33H29NO4/c35-32(36)31-19-23(18-22-14-16-25(17-15-22)24-8-2-1-3-9-24)20-34(31)33(37)38-21-30-28-12-6-4-10-26(28)27-11-5-7-13-29(27)30/h1-17,23,30-31H,18-21H2,(H,35,36)/t23-,31+/m1/s1. The number of carboxylic acid groups (broad SMARTS) is 1. The molecule has 4 aromatic rings. The highest BCUT2D eigenvalue weighted by molar-refractivity contribution is 5.81. The minimum atomic E-state index is -0.986. The van der Waals surface area contributed by atoms with Crippen molar-refractivity contribution in [2.45, 2.75) is 24.8 Å². The number of nitrogens with zero attached hydrogens (tertiary/aromatic N) is 1. The fourth-order valence-corrected chi connectivity index (χ4v) is 5.98. The summed E-state index contributed by atoms with van der Waals surface area (Å²) in [6.07, 6.45) is 0.576. The predicted molar refractivity (Wildman–Crippen MR) is 147 cm³/mol. The molecular weight excluding hydrogens is 474 g/mol. The van der Waals surface area contributed by atoms with Gasteiger partial charge in [0.05, 0.1) is 0 Å². The van der Waals surface area contributed by atoms with Crippen LogP contribution < -0.4 is 0 Å². The molecule has 1 N–H and O–H groups in total. The SMILES string of the molecule is O=C(O)[C@@H]1C[C@@H](Cc2ccc(-c3ccccc3)cc2)CN1C(=O)OCC1c2ccccc2-c2ccccc21. The minimum Gasteiger partial charge on any atom is -0.480 e. The van der Waals surface area contributed by atoms with E-state index in [2.05, 4.69) is 60.7 Å². The Morgan fingerprint density at radius 3 is 1.97 bits per heavy atom. The van der Waals surface area contributed by atoms with Crippen LogP contribution in [0.3, 0.4) is 0 Å². The Labute approximate surface area is 222 Å². The van der Waals surface area contributed by atoms with E-state index in [1.54, 1.807) is 0 Å². The van der Waals surface area contributed by atoms with Crippen molar-refractivity contribution in [1.29, 1.82) is 0 Å². The molecule has 0 unspecified atom stereocenters. The molecule has 1 heterocycles. The fraction of sp³-hybridized carbons (Fsp3) is 0.212. The number of amides is 1. The van der Waals surface area contributed by atoms with Crippen LogP contribution in [0.2, 0.25) is 0 Å². The number of carbonyl (C=O) groups is 2. The Morgan fingerprint density at radius 2 is 1.34 bits per heavy atom. The number of benzene rings is 4. The molecule has 5 nitrogen and oxygen atoms in total. The molecule has 4 aromatic carbocycles. The Balaban J connectivity index is 1.13. The third-order valence-electron chi connectivity index (χ3n) is 7.83. The van der Waals surface area contributed by atoms with E-state index in [0.717, 1.165) is 38.9 Å². The topological polar surface area (TPSA) is 66.8 Å². The number of hydrogen-bond acceptors (Lipinski definition) is 3. The molecule has 2 aliphatic rings. The second-order valence-corrected chi connectivity index (χ2v) is 10.2. The Morgan fingerprint density at radius 1 is 0.763 bits per heavy atom. The lowest BCUT2D eigenvalue weighted by Gasteiger charge is -2.22. The number of fused-ring (bicyclic) bond motifs is 3. The number of ether oxygens (including phenoxy) is 1. The average Bonchev–Trinajstić information content (AvgIpc) is 3.52. The van der Waals surface area contributed by atoms with E-state index in [0.29, 0.717) is 19.4 Å². The molecule has 38 heavy (non-hydrogen) atoms. The molecule has 0 spiro atoms. The van der Waals surface area contributed by atoms with Crippen LogP contribution in [0.1, 0.15) is 29.0 Å². The molecular formula is C33H29NO4. The van der Waals surface area contributed by atoms with Crippen LogP contribution in [0.5, 0.6) is 0 Å². The summed E-state index contributed by atoms with van der Waals surface area (Å²) in [6.45, 7) is 0.551. The van der Waals surface area contributed by atoms with Crippen molar-refractivity contribution in [2.24, 2.45) is 5.92 Å². The summed E-state index contributed by atoms with van der Waals surface area (Å²) in [5.41, 5.74) is 8.02. The molecule has 0 saturated carbocycles. The van der Waals surface area contributed by atoms with Crippen molar-refractivity contribution in [3.63, 3.8) is 0 Å². The lowest BCUT2D eigenvalue weighted by atomic mass is 9.95. The summed E-state index contributed by atoms with van der Waals surface area (Å²) in [7, 11) is 0. The van der Waals surface area contributed by atoms with Gasteiger partial charge in [-0.25, -0.2) is 9.59 Å². The minimum absolute atomic E-state index is 0.0548. The van der Waals surface area contributed by atoms with Crippen molar-refractivity contribution in [2.75, 3.05) is 13.2 Å². The Kier molecular flexibility index (Phi) is 6.42. The van der Waals surface area contributed by atoms with E-state index >= 15 is 0 Å². The molecule has 0 radical (unpaired) electrons. The Bertz CT molecular complexity index is 1420. The number of likely N-dealkylation sites (tertiary alicyclic amines) is 1. The van der Waals surface area contributed by atoms with E-state index in [1.165, 1.54) is 4.90 Å². The predicted octanol–water partition coefficient (Wildman–Crippen LogP) is 6.62. The zero-order chi connectivity index (χ0) is 26.1. The third-order valence-corrected chi connectivity index (χ3v) is 7.83. The fourth-order valence-electron chi connectivity index (χ4n) is 5.98. The van der Waals surface area contributed by atoms with Crippen LogP contribution in [-0.2, 0) is 16.0 Å². The maximum Gasteiger partial charge on any atom is 0.410 e. The zero-order valence-corrected chi connectivity index (χ0v) is 21.0. The van der Waals surface area contributed by atoms with Gasteiger partial charge in [-0.05, 0) is 57.7 Å². The van der Waals surface area contributed by atoms with Crippen LogP contribution in [0, 0.1) is 5.92 Å². The molecule has 190 valence electrons. The van der Waals surface area contributed by atoms with Crippen molar-refractivity contribution in [3.05, 3.63) is 120 Å². The number of carboxylic acids is 1. The lowest BCUT2D eigenvalue weighted by Crippen LogP contribution is -2.41. The molecule has 1 aliphatic heterocycles. The molecule has 6 rings (SSSR count). The summed E-state index contributed by atoms with van der Waals surface area (Å²) in [5.74, 6) is -0.990. The van der Waals surface area contributed by atoms with Gasteiger partial charge in [-0.2, -0.15) is 0 Å². The largest absolute Gasteiger partial charge is 0.480 e. The van der Waals surface area contributed by atoms with Gasteiger partial charge in [0.25, 0.3) is 0 Å². The normalized spacial score (nSPS) is 18.2. The van der Waals surface area contributed by atoms with Crippen molar-refractivity contribution < 1.29 is 19.4 Å². The summed E-state index contributed by atoms with van der Waals surface area (Å²) >= 11 is 0. The van der Waals surface area contributed by atoms with Crippen LogP contribution in [0.25, 0.3) is 22.3 Å². The van der Waals surface area contributed by atoms with E-state index in [-0.39, 0.29) is 18.4 Å². The first-order chi connectivity index (χ1) is 18.6. The molecule has 1 aliphatic carbocycles.